The van der Waals surface area contributed by atoms with Gasteiger partial charge in [-0.05, 0) is 31.9 Å². The fraction of sp³-hybridized carbons (Fsp3) is 0.500. The van der Waals surface area contributed by atoms with Crippen LogP contribution in [0.2, 0.25) is 0 Å². The van der Waals surface area contributed by atoms with Crippen LogP contribution in [-0.4, -0.2) is 13.7 Å². The summed E-state index contributed by atoms with van der Waals surface area (Å²) in [7, 11) is 1.53. The van der Waals surface area contributed by atoms with Gasteiger partial charge in [-0.25, -0.2) is 8.78 Å². The van der Waals surface area contributed by atoms with Crippen LogP contribution in [0.25, 0.3) is 0 Å². The van der Waals surface area contributed by atoms with Crippen LogP contribution in [0.15, 0.2) is 12.1 Å². The molecule has 0 bridgehead atoms. The lowest BCUT2D eigenvalue weighted by atomic mass is 9.88. The van der Waals surface area contributed by atoms with Gasteiger partial charge in [-0.15, -0.1) is 0 Å². The fourth-order valence-electron chi connectivity index (χ4n) is 1.62. The first-order valence-electron chi connectivity index (χ1n) is 5.13. The highest BCUT2D eigenvalue weighted by Gasteiger charge is 2.28. The second kappa shape index (κ2) is 4.89. The average Bonchev–Trinajstić information content (AvgIpc) is 2.21. The van der Waals surface area contributed by atoms with E-state index in [9.17, 15) is 8.78 Å². The van der Waals surface area contributed by atoms with Crippen LogP contribution < -0.4 is 5.73 Å². The Labute approximate surface area is 94.4 Å². The number of ether oxygens (including phenoxy) is 1. The van der Waals surface area contributed by atoms with E-state index >= 15 is 0 Å². The summed E-state index contributed by atoms with van der Waals surface area (Å²) in [4.78, 5) is 0. The van der Waals surface area contributed by atoms with Gasteiger partial charge in [0.05, 0.1) is 0 Å². The molecule has 2 nitrogen and oxygen atoms in total. The molecule has 0 amide bonds. The van der Waals surface area contributed by atoms with E-state index in [1.54, 1.807) is 13.8 Å². The van der Waals surface area contributed by atoms with Crippen molar-refractivity contribution in [3.8, 4) is 0 Å². The number of hydrogen-bond acceptors (Lipinski definition) is 2. The van der Waals surface area contributed by atoms with Crippen molar-refractivity contribution in [3.63, 3.8) is 0 Å². The molecule has 0 saturated heterocycles. The standard InChI is InChI=1S/C12H17F2NO/c1-8-4-5-9(13)10(11(8)14)12(2,15)6-7-16-3/h4-5H,6-7,15H2,1-3H3. The van der Waals surface area contributed by atoms with E-state index in [4.69, 9.17) is 10.5 Å². The van der Waals surface area contributed by atoms with Crippen LogP contribution in [0.3, 0.4) is 0 Å². The molecule has 0 fully saturated rings. The van der Waals surface area contributed by atoms with Gasteiger partial charge in [0, 0.05) is 24.8 Å². The van der Waals surface area contributed by atoms with E-state index in [2.05, 4.69) is 0 Å². The summed E-state index contributed by atoms with van der Waals surface area (Å²) in [5, 5.41) is 0. The lowest BCUT2D eigenvalue weighted by Crippen LogP contribution is -2.36. The minimum atomic E-state index is -1.06. The summed E-state index contributed by atoms with van der Waals surface area (Å²) in [5.74, 6) is -1.18. The van der Waals surface area contributed by atoms with Crippen molar-refractivity contribution in [3.05, 3.63) is 34.9 Å². The number of methoxy groups -OCH3 is 1. The Balaban J connectivity index is 3.15. The highest BCUT2D eigenvalue weighted by atomic mass is 19.1. The van der Waals surface area contributed by atoms with Crippen LogP contribution in [0.1, 0.15) is 24.5 Å². The molecule has 0 radical (unpaired) electrons. The van der Waals surface area contributed by atoms with Gasteiger partial charge in [0.15, 0.2) is 0 Å². The zero-order valence-electron chi connectivity index (χ0n) is 9.81. The SMILES string of the molecule is COCCC(C)(N)c1c(F)ccc(C)c1F. The van der Waals surface area contributed by atoms with Gasteiger partial charge in [-0.2, -0.15) is 0 Å². The van der Waals surface area contributed by atoms with Gasteiger partial charge >= 0.3 is 0 Å². The van der Waals surface area contributed by atoms with Crippen molar-refractivity contribution in [2.75, 3.05) is 13.7 Å². The van der Waals surface area contributed by atoms with Crippen molar-refractivity contribution in [1.29, 1.82) is 0 Å². The topological polar surface area (TPSA) is 35.2 Å². The highest BCUT2D eigenvalue weighted by Crippen LogP contribution is 2.28. The summed E-state index contributed by atoms with van der Waals surface area (Å²) in [6, 6.07) is 2.65. The smallest absolute Gasteiger partial charge is 0.134 e. The minimum Gasteiger partial charge on any atom is -0.385 e. The molecule has 0 aliphatic heterocycles. The van der Waals surface area contributed by atoms with E-state index in [0.717, 1.165) is 0 Å². The average molecular weight is 229 g/mol. The Morgan fingerprint density at radius 3 is 2.56 bits per heavy atom. The number of aryl methyl sites for hydroxylation is 1. The summed E-state index contributed by atoms with van der Waals surface area (Å²) in [6.07, 6.45) is 0.362. The molecule has 90 valence electrons. The van der Waals surface area contributed by atoms with Gasteiger partial charge < -0.3 is 10.5 Å². The Kier molecular flexibility index (Phi) is 3.99. The summed E-state index contributed by atoms with van der Waals surface area (Å²) >= 11 is 0. The summed E-state index contributed by atoms with van der Waals surface area (Å²) in [6.45, 7) is 3.55. The number of benzene rings is 1. The van der Waals surface area contributed by atoms with Crippen LogP contribution >= 0.6 is 0 Å². The quantitative estimate of drug-likeness (QED) is 0.860. The van der Waals surface area contributed by atoms with Crippen molar-refractivity contribution >= 4 is 0 Å². The molecule has 4 heteroatoms. The zero-order chi connectivity index (χ0) is 12.3. The predicted molar refractivity (Wildman–Crippen MR) is 59.1 cm³/mol. The molecule has 0 aliphatic carbocycles. The molecule has 16 heavy (non-hydrogen) atoms. The predicted octanol–water partition coefficient (Wildman–Crippen LogP) is 2.48. The van der Waals surface area contributed by atoms with Crippen LogP contribution in [-0.2, 0) is 10.3 Å². The second-order valence-electron chi connectivity index (χ2n) is 4.21. The van der Waals surface area contributed by atoms with E-state index in [0.29, 0.717) is 18.6 Å². The number of halogens is 2. The van der Waals surface area contributed by atoms with Crippen LogP contribution in [0.5, 0.6) is 0 Å². The molecular formula is C12H17F2NO. The molecule has 0 aliphatic rings. The summed E-state index contributed by atoms with van der Waals surface area (Å²) in [5.41, 5.74) is 5.20. The zero-order valence-corrected chi connectivity index (χ0v) is 9.81. The molecule has 1 rings (SSSR count). The molecule has 1 atom stereocenters. The van der Waals surface area contributed by atoms with Gasteiger partial charge in [0.2, 0.25) is 0 Å². The first-order chi connectivity index (χ1) is 7.40. The maximum absolute atomic E-state index is 13.8. The lowest BCUT2D eigenvalue weighted by Gasteiger charge is -2.26. The molecule has 0 aromatic heterocycles. The maximum atomic E-state index is 13.8. The third-order valence-electron chi connectivity index (χ3n) is 2.68. The van der Waals surface area contributed by atoms with Crippen molar-refractivity contribution in [2.24, 2.45) is 5.73 Å². The maximum Gasteiger partial charge on any atom is 0.134 e. The van der Waals surface area contributed by atoms with Gasteiger partial charge in [-0.3, -0.25) is 0 Å². The second-order valence-corrected chi connectivity index (χ2v) is 4.21. The first kappa shape index (κ1) is 13.1. The molecule has 1 aromatic carbocycles. The van der Waals surface area contributed by atoms with Gasteiger partial charge in [-0.1, -0.05) is 6.07 Å². The number of hydrogen-bond donors (Lipinski definition) is 1. The van der Waals surface area contributed by atoms with E-state index in [1.165, 1.54) is 19.2 Å². The van der Waals surface area contributed by atoms with Crippen LogP contribution in [0, 0.1) is 18.6 Å². The van der Waals surface area contributed by atoms with Crippen molar-refractivity contribution in [2.45, 2.75) is 25.8 Å². The fourth-order valence-corrected chi connectivity index (χ4v) is 1.62. The number of rotatable bonds is 4. The molecule has 0 heterocycles. The molecule has 0 saturated carbocycles. The molecular weight excluding hydrogens is 212 g/mol. The molecule has 2 N–H and O–H groups in total. The normalized spacial score (nSPS) is 14.9. The van der Waals surface area contributed by atoms with Crippen molar-refractivity contribution < 1.29 is 13.5 Å². The highest BCUT2D eigenvalue weighted by molar-refractivity contribution is 5.31. The molecule has 0 spiro atoms. The van der Waals surface area contributed by atoms with E-state index in [-0.39, 0.29) is 5.56 Å². The largest absolute Gasteiger partial charge is 0.385 e. The van der Waals surface area contributed by atoms with Crippen molar-refractivity contribution in [1.82, 2.24) is 0 Å². The van der Waals surface area contributed by atoms with E-state index in [1.807, 2.05) is 0 Å². The van der Waals surface area contributed by atoms with Crippen LogP contribution in [0.4, 0.5) is 8.78 Å². The van der Waals surface area contributed by atoms with Gasteiger partial charge in [0.25, 0.3) is 0 Å². The monoisotopic (exact) mass is 229 g/mol. The Morgan fingerprint density at radius 1 is 1.38 bits per heavy atom. The minimum absolute atomic E-state index is 0.0652. The number of nitrogens with two attached hydrogens (primary N) is 1. The Hall–Kier alpha value is -1.00. The third kappa shape index (κ3) is 2.57. The van der Waals surface area contributed by atoms with E-state index < -0.39 is 17.2 Å². The molecule has 1 aromatic rings. The van der Waals surface area contributed by atoms with Gasteiger partial charge in [0.1, 0.15) is 11.6 Å². The lowest BCUT2D eigenvalue weighted by molar-refractivity contribution is 0.169. The molecule has 1 unspecified atom stereocenters. The first-order valence-corrected chi connectivity index (χ1v) is 5.13. The third-order valence-corrected chi connectivity index (χ3v) is 2.68. The summed E-state index contributed by atoms with van der Waals surface area (Å²) < 4.78 is 32.3. The Morgan fingerprint density at radius 2 is 2.00 bits per heavy atom. The Bertz CT molecular complexity index is 378.